The first-order valence-electron chi connectivity index (χ1n) is 8.81. The number of aromatic nitrogens is 3. The Bertz CT molecular complexity index is 967. The SMILES string of the molecule is Cc1csc(NN=Cc2ccc(F)c(-c3noc(CN4CCOCC4)n3)c2)n1. The summed E-state index contributed by atoms with van der Waals surface area (Å²) in [5.74, 6) is 0.259. The third kappa shape index (κ3) is 4.58. The molecule has 10 heteroatoms. The van der Waals surface area contributed by atoms with E-state index in [9.17, 15) is 4.39 Å². The lowest BCUT2D eigenvalue weighted by molar-refractivity contribution is 0.0297. The molecule has 0 spiro atoms. The van der Waals surface area contributed by atoms with E-state index in [1.165, 1.54) is 17.4 Å². The summed E-state index contributed by atoms with van der Waals surface area (Å²) in [6.45, 7) is 5.43. The minimum absolute atomic E-state index is 0.222. The number of nitrogens with one attached hydrogen (secondary N) is 1. The molecule has 1 N–H and O–H groups in total. The molecule has 1 aromatic carbocycles. The summed E-state index contributed by atoms with van der Waals surface area (Å²) in [7, 11) is 0. The van der Waals surface area contributed by atoms with Crippen LogP contribution >= 0.6 is 11.3 Å². The summed E-state index contributed by atoms with van der Waals surface area (Å²) in [4.78, 5) is 10.8. The van der Waals surface area contributed by atoms with E-state index in [4.69, 9.17) is 9.26 Å². The van der Waals surface area contributed by atoms with Crippen molar-refractivity contribution >= 4 is 22.7 Å². The quantitative estimate of drug-likeness (QED) is 0.501. The van der Waals surface area contributed by atoms with Crippen molar-refractivity contribution in [2.75, 3.05) is 31.7 Å². The lowest BCUT2D eigenvalue weighted by Crippen LogP contribution is -2.35. The van der Waals surface area contributed by atoms with Gasteiger partial charge in [0, 0.05) is 18.5 Å². The van der Waals surface area contributed by atoms with Crippen LogP contribution in [-0.4, -0.2) is 52.5 Å². The second-order valence-electron chi connectivity index (χ2n) is 6.30. The number of morpholine rings is 1. The van der Waals surface area contributed by atoms with Gasteiger partial charge in [0.1, 0.15) is 5.82 Å². The molecule has 0 unspecified atom stereocenters. The number of rotatable bonds is 6. The molecular weight excluding hydrogens is 383 g/mol. The molecule has 1 saturated heterocycles. The first kappa shape index (κ1) is 18.7. The van der Waals surface area contributed by atoms with Crippen LogP contribution in [0.5, 0.6) is 0 Å². The predicted molar refractivity (Wildman–Crippen MR) is 104 cm³/mol. The van der Waals surface area contributed by atoms with E-state index < -0.39 is 5.82 Å². The summed E-state index contributed by atoms with van der Waals surface area (Å²) >= 11 is 1.46. The molecule has 146 valence electrons. The predicted octanol–water partition coefficient (Wildman–Crippen LogP) is 2.92. The second-order valence-corrected chi connectivity index (χ2v) is 7.16. The number of hydrogen-bond acceptors (Lipinski definition) is 9. The molecule has 1 fully saturated rings. The lowest BCUT2D eigenvalue weighted by atomic mass is 10.1. The van der Waals surface area contributed by atoms with Gasteiger partial charge in [0.05, 0.1) is 37.2 Å². The van der Waals surface area contributed by atoms with E-state index in [2.05, 4.69) is 30.6 Å². The topological polar surface area (TPSA) is 88.7 Å². The molecule has 28 heavy (non-hydrogen) atoms. The molecule has 0 saturated carbocycles. The van der Waals surface area contributed by atoms with Gasteiger partial charge in [-0.2, -0.15) is 10.1 Å². The zero-order valence-electron chi connectivity index (χ0n) is 15.3. The number of hydrogen-bond donors (Lipinski definition) is 1. The first-order chi connectivity index (χ1) is 13.7. The highest BCUT2D eigenvalue weighted by Crippen LogP contribution is 2.22. The maximum absolute atomic E-state index is 14.3. The van der Waals surface area contributed by atoms with Crippen molar-refractivity contribution in [1.29, 1.82) is 0 Å². The number of ether oxygens (including phenoxy) is 1. The molecule has 4 rings (SSSR count). The molecule has 0 bridgehead atoms. The van der Waals surface area contributed by atoms with Crippen molar-refractivity contribution < 1.29 is 13.7 Å². The third-order valence-electron chi connectivity index (χ3n) is 4.15. The second kappa shape index (κ2) is 8.55. The van der Waals surface area contributed by atoms with Crippen molar-refractivity contribution in [3.8, 4) is 11.4 Å². The van der Waals surface area contributed by atoms with Crippen molar-refractivity contribution in [2.24, 2.45) is 5.10 Å². The van der Waals surface area contributed by atoms with E-state index in [0.717, 1.165) is 18.8 Å². The van der Waals surface area contributed by atoms with Crippen LogP contribution in [0, 0.1) is 12.7 Å². The summed E-state index contributed by atoms with van der Waals surface area (Å²) in [6, 6.07) is 4.63. The number of hydrazone groups is 1. The Hall–Kier alpha value is -2.69. The van der Waals surface area contributed by atoms with E-state index in [-0.39, 0.29) is 11.4 Å². The van der Waals surface area contributed by atoms with Crippen molar-refractivity contribution in [3.05, 3.63) is 46.5 Å². The van der Waals surface area contributed by atoms with Crippen LogP contribution in [0.1, 0.15) is 17.1 Å². The minimum Gasteiger partial charge on any atom is -0.379 e. The number of benzene rings is 1. The Morgan fingerprint density at radius 2 is 2.18 bits per heavy atom. The zero-order valence-corrected chi connectivity index (χ0v) is 16.1. The van der Waals surface area contributed by atoms with E-state index >= 15 is 0 Å². The number of nitrogens with zero attached hydrogens (tertiary/aromatic N) is 5. The van der Waals surface area contributed by atoms with Crippen molar-refractivity contribution in [3.63, 3.8) is 0 Å². The lowest BCUT2D eigenvalue weighted by Gasteiger charge is -2.24. The summed E-state index contributed by atoms with van der Waals surface area (Å²) in [5.41, 5.74) is 4.76. The number of aryl methyl sites for hydroxylation is 1. The molecule has 3 aromatic rings. The Labute approximate surface area is 165 Å². The van der Waals surface area contributed by atoms with Gasteiger partial charge >= 0.3 is 0 Å². The standard InChI is InChI=1S/C18H19FN6O2S/c1-12-11-28-18(21-12)23-20-9-13-2-3-15(19)14(8-13)17-22-16(27-24-17)10-25-4-6-26-7-5-25/h2-3,8-9,11H,4-7,10H2,1H3,(H,21,23). The average molecular weight is 402 g/mol. The maximum atomic E-state index is 14.3. The molecule has 8 nitrogen and oxygen atoms in total. The monoisotopic (exact) mass is 402 g/mol. The van der Waals surface area contributed by atoms with Crippen molar-refractivity contribution in [2.45, 2.75) is 13.5 Å². The minimum atomic E-state index is -0.417. The van der Waals surface area contributed by atoms with Crippen LogP contribution in [0.3, 0.4) is 0 Å². The maximum Gasteiger partial charge on any atom is 0.241 e. The first-order valence-corrected chi connectivity index (χ1v) is 9.69. The highest BCUT2D eigenvalue weighted by Gasteiger charge is 2.17. The van der Waals surface area contributed by atoms with Crippen molar-refractivity contribution in [1.82, 2.24) is 20.0 Å². The fourth-order valence-electron chi connectivity index (χ4n) is 2.74. The number of halogens is 1. The molecule has 0 atom stereocenters. The van der Waals surface area contributed by atoms with Gasteiger partial charge in [-0.05, 0) is 24.6 Å². The Morgan fingerprint density at radius 1 is 1.32 bits per heavy atom. The fourth-order valence-corrected chi connectivity index (χ4v) is 3.38. The van der Waals surface area contributed by atoms with Gasteiger partial charge in [0.25, 0.3) is 0 Å². The van der Waals surface area contributed by atoms with Crippen LogP contribution in [0.15, 0.2) is 33.2 Å². The molecule has 1 aliphatic heterocycles. The largest absolute Gasteiger partial charge is 0.379 e. The van der Waals surface area contributed by atoms with Gasteiger partial charge in [-0.3, -0.25) is 10.3 Å². The third-order valence-corrected chi connectivity index (χ3v) is 5.02. The Kier molecular flexibility index (Phi) is 5.70. The summed E-state index contributed by atoms with van der Waals surface area (Å²) in [6.07, 6.45) is 1.59. The fraction of sp³-hybridized carbons (Fsp3) is 0.333. The van der Waals surface area contributed by atoms with Crippen LogP contribution in [0.4, 0.5) is 9.52 Å². The molecule has 0 radical (unpaired) electrons. The van der Waals surface area contributed by atoms with Gasteiger partial charge in [-0.25, -0.2) is 9.37 Å². The molecule has 1 aliphatic rings. The highest BCUT2D eigenvalue weighted by atomic mass is 32.1. The Morgan fingerprint density at radius 3 is 2.96 bits per heavy atom. The zero-order chi connectivity index (χ0) is 19.3. The smallest absolute Gasteiger partial charge is 0.241 e. The van der Waals surface area contributed by atoms with Gasteiger partial charge in [0.15, 0.2) is 0 Å². The molecule has 3 heterocycles. The normalized spacial score (nSPS) is 15.4. The molecule has 0 amide bonds. The summed E-state index contributed by atoms with van der Waals surface area (Å²) in [5, 5.41) is 10.7. The van der Waals surface area contributed by atoms with E-state index in [0.29, 0.717) is 36.3 Å². The molecular formula is C18H19FN6O2S. The van der Waals surface area contributed by atoms with E-state index in [1.807, 2.05) is 12.3 Å². The van der Waals surface area contributed by atoms with Gasteiger partial charge in [-0.1, -0.05) is 11.2 Å². The molecule has 2 aromatic heterocycles. The number of thiazole rings is 1. The van der Waals surface area contributed by atoms with Crippen LogP contribution < -0.4 is 5.43 Å². The average Bonchev–Trinajstić information content (AvgIpc) is 3.33. The van der Waals surface area contributed by atoms with Crippen LogP contribution in [0.25, 0.3) is 11.4 Å². The van der Waals surface area contributed by atoms with E-state index in [1.54, 1.807) is 18.3 Å². The molecule has 0 aliphatic carbocycles. The van der Waals surface area contributed by atoms with Crippen LogP contribution in [0.2, 0.25) is 0 Å². The van der Waals surface area contributed by atoms with Gasteiger partial charge in [-0.15, -0.1) is 11.3 Å². The van der Waals surface area contributed by atoms with Gasteiger partial charge < -0.3 is 9.26 Å². The number of anilines is 1. The summed E-state index contributed by atoms with van der Waals surface area (Å²) < 4.78 is 24.9. The van der Waals surface area contributed by atoms with Crippen LogP contribution in [-0.2, 0) is 11.3 Å². The highest BCUT2D eigenvalue weighted by molar-refractivity contribution is 7.13. The Balaban J connectivity index is 1.46. The van der Waals surface area contributed by atoms with Gasteiger partial charge in [0.2, 0.25) is 16.8 Å².